The van der Waals surface area contributed by atoms with Crippen LogP contribution in [0.4, 0.5) is 0 Å². The minimum Gasteiger partial charge on any atom is -0.354 e. The fraction of sp³-hybridized carbons (Fsp3) is 0. The topological polar surface area (TPSA) is 54.5 Å². The fourth-order valence-electron chi connectivity index (χ4n) is 7.18. The molecule has 1 N–H and O–H groups in total. The molecule has 4 nitrogen and oxygen atoms in total. The maximum atomic E-state index is 4.97. The molecule has 0 fully saturated rings. The van der Waals surface area contributed by atoms with Gasteiger partial charge in [0.1, 0.15) is 11.4 Å². The second kappa shape index (κ2) is 12.2. The lowest BCUT2D eigenvalue weighted by Gasteiger charge is -2.23. The highest BCUT2D eigenvalue weighted by atomic mass is 15.3. The minimum atomic E-state index is 0.771. The second-order valence-corrected chi connectivity index (χ2v) is 12.1. The third kappa shape index (κ3) is 4.90. The number of hydrogen-bond acceptors (Lipinski definition) is 3. The van der Waals surface area contributed by atoms with Gasteiger partial charge < -0.3 is 4.98 Å². The van der Waals surface area contributed by atoms with Gasteiger partial charge in [-0.2, -0.15) is 0 Å². The molecule has 0 unspecified atom stereocenters. The van der Waals surface area contributed by atoms with E-state index < -0.39 is 0 Å². The van der Waals surface area contributed by atoms with Gasteiger partial charge >= 0.3 is 0 Å². The van der Waals surface area contributed by atoms with Crippen LogP contribution in [0, 0.1) is 0 Å². The van der Waals surface area contributed by atoms with E-state index in [-0.39, 0.29) is 0 Å². The summed E-state index contributed by atoms with van der Waals surface area (Å²) >= 11 is 0. The number of H-pyrrole nitrogens is 1. The molecule has 2 aromatic heterocycles. The molecule has 0 atom stereocenters. The summed E-state index contributed by atoms with van der Waals surface area (Å²) in [5.74, 6) is 0. The van der Waals surface area contributed by atoms with E-state index in [2.05, 4.69) is 162 Å². The van der Waals surface area contributed by atoms with Crippen molar-refractivity contribution >= 4 is 21.8 Å². The molecule has 0 aliphatic rings. The summed E-state index contributed by atoms with van der Waals surface area (Å²) in [4.78, 5) is 3.89. The highest BCUT2D eigenvalue weighted by molar-refractivity contribution is 6.26. The zero-order chi connectivity index (χ0) is 32.6. The number of aromatic amines is 1. The maximum Gasteiger partial charge on any atom is 0.108 e. The van der Waals surface area contributed by atoms with Crippen LogP contribution in [0.15, 0.2) is 176 Å². The van der Waals surface area contributed by atoms with E-state index in [1.165, 1.54) is 5.56 Å². The number of aromatic nitrogens is 4. The molecule has 4 heteroatoms. The standard InChI is InChI=1S/C45H30N4/c1-6-18-30(19-7-1)37-38(31-20-8-2-9-21-31)41-35-28-16-17-29-36(35)46-44(41)42(39(37)32-22-10-3-11-23-32)45-40(33-24-12-4-13-25-33)43(47-49-48-45)34-26-14-5-15-27-34/h1-29,46H. The number of rotatable bonds is 6. The van der Waals surface area contributed by atoms with Gasteiger partial charge in [0.15, 0.2) is 0 Å². The van der Waals surface area contributed by atoms with E-state index in [1.54, 1.807) is 0 Å². The lowest BCUT2D eigenvalue weighted by molar-refractivity contribution is 0.879. The van der Waals surface area contributed by atoms with Crippen molar-refractivity contribution in [3.05, 3.63) is 176 Å². The lowest BCUT2D eigenvalue weighted by atomic mass is 9.80. The maximum absolute atomic E-state index is 4.97. The van der Waals surface area contributed by atoms with Gasteiger partial charge in [-0.25, -0.2) is 0 Å². The predicted octanol–water partition coefficient (Wildman–Crippen LogP) is 11.5. The van der Waals surface area contributed by atoms with Crippen LogP contribution < -0.4 is 0 Å². The molecule has 0 amide bonds. The molecule has 2 heterocycles. The SMILES string of the molecule is c1ccc(-c2nnnc(-c3c(-c4ccccc4)c(-c4ccccc4)c(-c4ccccc4)c4c3[nH]c3ccccc34)c2-c2ccccc2)cc1. The summed E-state index contributed by atoms with van der Waals surface area (Å²) in [6, 6.07) is 61.5. The number of nitrogens with one attached hydrogen (secondary N) is 1. The molecule has 9 aromatic rings. The summed E-state index contributed by atoms with van der Waals surface area (Å²) in [7, 11) is 0. The Hall–Kier alpha value is -6.65. The van der Waals surface area contributed by atoms with Gasteiger partial charge in [0.05, 0.1) is 5.52 Å². The van der Waals surface area contributed by atoms with Gasteiger partial charge in [-0.05, 0) is 39.1 Å². The Morgan fingerprint density at radius 1 is 0.327 bits per heavy atom. The highest BCUT2D eigenvalue weighted by Crippen LogP contribution is 2.53. The largest absolute Gasteiger partial charge is 0.354 e. The summed E-state index contributed by atoms with van der Waals surface area (Å²) in [5.41, 5.74) is 14.3. The first kappa shape index (κ1) is 28.6. The minimum absolute atomic E-state index is 0.771. The van der Waals surface area contributed by atoms with Crippen molar-refractivity contribution in [2.45, 2.75) is 0 Å². The molecule has 0 saturated carbocycles. The monoisotopic (exact) mass is 626 g/mol. The van der Waals surface area contributed by atoms with Crippen LogP contribution >= 0.6 is 0 Å². The molecule has 7 aromatic carbocycles. The van der Waals surface area contributed by atoms with Gasteiger partial charge in [0.2, 0.25) is 0 Å². The van der Waals surface area contributed by atoms with E-state index in [1.807, 2.05) is 24.3 Å². The Bertz CT molecular complexity index is 2560. The van der Waals surface area contributed by atoms with Crippen molar-refractivity contribution in [1.29, 1.82) is 0 Å². The molecule has 0 spiro atoms. The van der Waals surface area contributed by atoms with Crippen molar-refractivity contribution in [1.82, 2.24) is 20.4 Å². The van der Waals surface area contributed by atoms with Crippen LogP contribution in [0.2, 0.25) is 0 Å². The number of fused-ring (bicyclic) bond motifs is 3. The van der Waals surface area contributed by atoms with Crippen molar-refractivity contribution in [2.24, 2.45) is 0 Å². The molecule has 9 rings (SSSR count). The van der Waals surface area contributed by atoms with Crippen molar-refractivity contribution in [2.75, 3.05) is 0 Å². The Labute approximate surface area is 284 Å². The van der Waals surface area contributed by atoms with Gasteiger partial charge in [-0.15, -0.1) is 10.2 Å². The molecule has 49 heavy (non-hydrogen) atoms. The van der Waals surface area contributed by atoms with Crippen LogP contribution in [-0.2, 0) is 0 Å². The van der Waals surface area contributed by atoms with Crippen molar-refractivity contribution in [3.63, 3.8) is 0 Å². The van der Waals surface area contributed by atoms with E-state index in [0.29, 0.717) is 0 Å². The number of nitrogens with zero attached hydrogens (tertiary/aromatic N) is 3. The zero-order valence-electron chi connectivity index (χ0n) is 26.6. The fourth-order valence-corrected chi connectivity index (χ4v) is 7.18. The van der Waals surface area contributed by atoms with Gasteiger partial charge in [0.25, 0.3) is 0 Å². The quantitative estimate of drug-likeness (QED) is 0.200. The average Bonchev–Trinajstić information content (AvgIpc) is 3.57. The molecular formula is C45H30N4. The zero-order valence-corrected chi connectivity index (χ0v) is 26.6. The van der Waals surface area contributed by atoms with Crippen molar-refractivity contribution in [3.8, 4) is 67.0 Å². The van der Waals surface area contributed by atoms with E-state index in [4.69, 9.17) is 10.2 Å². The third-order valence-electron chi connectivity index (χ3n) is 9.25. The summed E-state index contributed by atoms with van der Waals surface area (Å²) in [6.07, 6.45) is 0. The molecule has 0 saturated heterocycles. The Kier molecular flexibility index (Phi) is 7.10. The van der Waals surface area contributed by atoms with Crippen LogP contribution in [0.1, 0.15) is 0 Å². The normalized spacial score (nSPS) is 11.3. The van der Waals surface area contributed by atoms with Gasteiger partial charge in [0, 0.05) is 44.1 Å². The molecule has 0 aliphatic heterocycles. The van der Waals surface area contributed by atoms with Gasteiger partial charge in [-0.1, -0.05) is 170 Å². The van der Waals surface area contributed by atoms with Crippen LogP contribution in [0.25, 0.3) is 88.8 Å². The highest BCUT2D eigenvalue weighted by Gasteiger charge is 2.29. The number of hydrogen-bond donors (Lipinski definition) is 1. The van der Waals surface area contributed by atoms with Crippen LogP contribution in [0.5, 0.6) is 0 Å². The number of para-hydroxylation sites is 1. The summed E-state index contributed by atoms with van der Waals surface area (Å²) < 4.78 is 0. The van der Waals surface area contributed by atoms with E-state index in [0.717, 1.165) is 83.3 Å². The first-order chi connectivity index (χ1) is 24.4. The van der Waals surface area contributed by atoms with Gasteiger partial charge in [-0.3, -0.25) is 0 Å². The van der Waals surface area contributed by atoms with Crippen LogP contribution in [-0.4, -0.2) is 20.4 Å². The molecule has 0 aliphatic carbocycles. The summed E-state index contributed by atoms with van der Waals surface area (Å²) in [6.45, 7) is 0. The Morgan fingerprint density at radius 2 is 0.735 bits per heavy atom. The molecule has 230 valence electrons. The molecular weight excluding hydrogens is 597 g/mol. The Morgan fingerprint density at radius 3 is 1.29 bits per heavy atom. The average molecular weight is 627 g/mol. The first-order valence-corrected chi connectivity index (χ1v) is 16.5. The van der Waals surface area contributed by atoms with E-state index in [9.17, 15) is 0 Å². The first-order valence-electron chi connectivity index (χ1n) is 16.5. The molecule has 0 radical (unpaired) electrons. The van der Waals surface area contributed by atoms with Crippen LogP contribution in [0.3, 0.4) is 0 Å². The Balaban J connectivity index is 1.56. The third-order valence-corrected chi connectivity index (χ3v) is 9.25. The summed E-state index contributed by atoms with van der Waals surface area (Å²) in [5, 5.41) is 16.5. The molecule has 0 bridgehead atoms. The lowest BCUT2D eigenvalue weighted by Crippen LogP contribution is -2.03. The predicted molar refractivity (Wildman–Crippen MR) is 202 cm³/mol. The smallest absolute Gasteiger partial charge is 0.108 e. The number of benzene rings is 7. The van der Waals surface area contributed by atoms with E-state index >= 15 is 0 Å². The second-order valence-electron chi connectivity index (χ2n) is 12.1. The van der Waals surface area contributed by atoms with Crippen molar-refractivity contribution < 1.29 is 0 Å².